The van der Waals surface area contributed by atoms with Gasteiger partial charge < -0.3 is 10.5 Å². The Morgan fingerprint density at radius 3 is 2.76 bits per heavy atom. The van der Waals surface area contributed by atoms with Crippen LogP contribution < -0.4 is 5.73 Å². The van der Waals surface area contributed by atoms with Crippen molar-refractivity contribution in [3.05, 3.63) is 0 Å². The largest absolute Gasteiger partial charge is 0.393 e. The van der Waals surface area contributed by atoms with E-state index in [1.54, 1.807) is 0 Å². The normalized spacial score (nSPS) is 31.1. The Balaban J connectivity index is 1.72. The van der Waals surface area contributed by atoms with Crippen molar-refractivity contribution in [2.45, 2.75) is 64.4 Å². The van der Waals surface area contributed by atoms with Crippen LogP contribution in [0.15, 0.2) is 0 Å². The van der Waals surface area contributed by atoms with E-state index in [1.165, 1.54) is 44.9 Å². The summed E-state index contributed by atoms with van der Waals surface area (Å²) in [4.78, 5) is 0.654. The van der Waals surface area contributed by atoms with Crippen LogP contribution in [0.25, 0.3) is 0 Å². The van der Waals surface area contributed by atoms with Crippen molar-refractivity contribution in [2.24, 2.45) is 17.1 Å². The predicted octanol–water partition coefficient (Wildman–Crippen LogP) is 3.43. The molecule has 0 spiro atoms. The summed E-state index contributed by atoms with van der Waals surface area (Å²) < 4.78 is 6.13. The summed E-state index contributed by atoms with van der Waals surface area (Å²) in [5.41, 5.74) is 5.97. The van der Waals surface area contributed by atoms with Crippen molar-refractivity contribution >= 4 is 17.2 Å². The highest BCUT2D eigenvalue weighted by Gasteiger charge is 2.43. The van der Waals surface area contributed by atoms with Gasteiger partial charge in [-0.05, 0) is 31.6 Å². The van der Waals surface area contributed by atoms with Gasteiger partial charge in [0.1, 0.15) is 0 Å². The van der Waals surface area contributed by atoms with Crippen molar-refractivity contribution in [1.82, 2.24) is 0 Å². The fourth-order valence-electron chi connectivity index (χ4n) is 2.98. The van der Waals surface area contributed by atoms with Gasteiger partial charge in [-0.2, -0.15) is 0 Å². The van der Waals surface area contributed by atoms with E-state index in [0.29, 0.717) is 16.5 Å². The fraction of sp³-hybridized carbons (Fsp3) is 0.929. The van der Waals surface area contributed by atoms with Crippen LogP contribution in [0.4, 0.5) is 0 Å². The van der Waals surface area contributed by atoms with Gasteiger partial charge >= 0.3 is 0 Å². The monoisotopic (exact) mass is 255 g/mol. The van der Waals surface area contributed by atoms with Crippen molar-refractivity contribution in [1.29, 1.82) is 0 Å². The Bertz CT molecular complexity index is 275. The zero-order valence-corrected chi connectivity index (χ0v) is 11.7. The van der Waals surface area contributed by atoms with Gasteiger partial charge in [-0.25, -0.2) is 0 Å². The molecule has 0 aliphatic heterocycles. The first-order valence-electron chi connectivity index (χ1n) is 7.03. The van der Waals surface area contributed by atoms with Crippen molar-refractivity contribution in [3.63, 3.8) is 0 Å². The molecule has 2 rings (SSSR count). The number of hydrogen-bond donors (Lipinski definition) is 1. The van der Waals surface area contributed by atoms with Gasteiger partial charge in [-0.15, -0.1) is 0 Å². The van der Waals surface area contributed by atoms with Crippen LogP contribution in [0, 0.1) is 11.3 Å². The third-order valence-electron chi connectivity index (χ3n) is 4.44. The molecule has 0 heterocycles. The second-order valence-electron chi connectivity index (χ2n) is 6.02. The number of hydrogen-bond acceptors (Lipinski definition) is 2. The first-order valence-corrected chi connectivity index (χ1v) is 7.44. The van der Waals surface area contributed by atoms with E-state index in [-0.39, 0.29) is 0 Å². The van der Waals surface area contributed by atoms with Crippen molar-refractivity contribution in [2.75, 3.05) is 6.61 Å². The summed E-state index contributed by atoms with van der Waals surface area (Å²) in [5, 5.41) is 0. The van der Waals surface area contributed by atoms with Gasteiger partial charge in [0.05, 0.1) is 17.7 Å². The van der Waals surface area contributed by atoms with Crippen LogP contribution in [0.5, 0.6) is 0 Å². The zero-order chi connectivity index (χ0) is 12.3. The molecule has 2 unspecified atom stereocenters. The van der Waals surface area contributed by atoms with E-state index in [1.807, 2.05) is 0 Å². The molecule has 0 amide bonds. The summed E-state index contributed by atoms with van der Waals surface area (Å²) in [6.07, 6.45) is 10.4. The molecular formula is C14H25NOS. The maximum Gasteiger partial charge on any atom is 0.0733 e. The lowest BCUT2D eigenvalue weighted by Crippen LogP contribution is -2.27. The molecule has 2 aliphatic carbocycles. The topological polar surface area (TPSA) is 35.2 Å². The minimum Gasteiger partial charge on any atom is -0.393 e. The second-order valence-corrected chi connectivity index (χ2v) is 6.54. The highest BCUT2D eigenvalue weighted by atomic mass is 32.1. The number of ether oxygens (including phenoxy) is 1. The van der Waals surface area contributed by atoms with Gasteiger partial charge in [-0.3, -0.25) is 0 Å². The molecule has 0 bridgehead atoms. The van der Waals surface area contributed by atoms with Crippen LogP contribution in [0.2, 0.25) is 0 Å². The van der Waals surface area contributed by atoms with E-state index in [2.05, 4.69) is 6.92 Å². The summed E-state index contributed by atoms with van der Waals surface area (Å²) in [7, 11) is 0. The SMILES string of the molecule is CCC1CCCC(OCC2(CC(N)=S)CC2)C1. The van der Waals surface area contributed by atoms with Gasteiger partial charge in [0.15, 0.2) is 0 Å². The quantitative estimate of drug-likeness (QED) is 0.739. The third kappa shape index (κ3) is 3.92. The van der Waals surface area contributed by atoms with Gasteiger partial charge in [-0.1, -0.05) is 38.4 Å². The molecular weight excluding hydrogens is 230 g/mol. The summed E-state index contributed by atoms with van der Waals surface area (Å²) in [5.74, 6) is 0.888. The lowest BCUT2D eigenvalue weighted by molar-refractivity contribution is -0.00988. The first kappa shape index (κ1) is 13.3. The Hall–Kier alpha value is -0.150. The number of thiocarbonyl (C=S) groups is 1. The van der Waals surface area contributed by atoms with Crippen LogP contribution in [-0.2, 0) is 4.74 Å². The number of nitrogens with two attached hydrogens (primary N) is 1. The van der Waals surface area contributed by atoms with Crippen LogP contribution >= 0.6 is 12.2 Å². The smallest absolute Gasteiger partial charge is 0.0733 e. The molecule has 17 heavy (non-hydrogen) atoms. The van der Waals surface area contributed by atoms with E-state index in [0.717, 1.165) is 18.9 Å². The highest BCUT2D eigenvalue weighted by Crippen LogP contribution is 2.49. The summed E-state index contributed by atoms with van der Waals surface area (Å²) in [6, 6.07) is 0. The standard InChI is InChI=1S/C14H25NOS/c1-2-11-4-3-5-12(8-11)16-10-14(6-7-14)9-13(15)17/h11-12H,2-10H2,1H3,(H2,15,17). The van der Waals surface area contributed by atoms with Crippen LogP contribution in [0.3, 0.4) is 0 Å². The molecule has 2 nitrogen and oxygen atoms in total. The van der Waals surface area contributed by atoms with Crippen molar-refractivity contribution < 1.29 is 4.74 Å². The van der Waals surface area contributed by atoms with Crippen molar-refractivity contribution in [3.8, 4) is 0 Å². The summed E-state index contributed by atoms with van der Waals surface area (Å²) >= 11 is 5.01. The third-order valence-corrected chi connectivity index (χ3v) is 4.59. The Morgan fingerprint density at radius 1 is 1.41 bits per heavy atom. The minimum atomic E-state index is 0.324. The zero-order valence-electron chi connectivity index (χ0n) is 10.9. The molecule has 0 aromatic carbocycles. The van der Waals surface area contributed by atoms with E-state index in [9.17, 15) is 0 Å². The van der Waals surface area contributed by atoms with Crippen LogP contribution in [0.1, 0.15) is 58.3 Å². The lowest BCUT2D eigenvalue weighted by atomic mass is 9.85. The average molecular weight is 255 g/mol. The minimum absolute atomic E-state index is 0.324. The van der Waals surface area contributed by atoms with E-state index < -0.39 is 0 Å². The second kappa shape index (κ2) is 5.66. The molecule has 0 saturated heterocycles. The van der Waals surface area contributed by atoms with Gasteiger partial charge in [0.25, 0.3) is 0 Å². The molecule has 2 N–H and O–H groups in total. The Labute approximate surface area is 110 Å². The molecule has 3 heteroatoms. The van der Waals surface area contributed by atoms with Crippen LogP contribution in [-0.4, -0.2) is 17.7 Å². The molecule has 0 aromatic heterocycles. The van der Waals surface area contributed by atoms with Gasteiger partial charge in [0.2, 0.25) is 0 Å². The molecule has 2 aliphatic rings. The Kier molecular flexibility index (Phi) is 4.42. The maximum absolute atomic E-state index is 6.13. The molecule has 2 fully saturated rings. The first-order chi connectivity index (χ1) is 8.13. The van der Waals surface area contributed by atoms with Gasteiger partial charge in [0, 0.05) is 11.8 Å². The molecule has 98 valence electrons. The average Bonchev–Trinajstić information content (AvgIpc) is 3.06. The highest BCUT2D eigenvalue weighted by molar-refractivity contribution is 7.80. The number of rotatable bonds is 6. The molecule has 2 atom stereocenters. The van der Waals surface area contributed by atoms with E-state index >= 15 is 0 Å². The lowest BCUT2D eigenvalue weighted by Gasteiger charge is -2.30. The molecule has 2 saturated carbocycles. The fourth-order valence-corrected chi connectivity index (χ4v) is 3.28. The van der Waals surface area contributed by atoms with E-state index in [4.69, 9.17) is 22.7 Å². The maximum atomic E-state index is 6.13. The predicted molar refractivity (Wildman–Crippen MR) is 75.1 cm³/mol. The molecule has 0 aromatic rings. The molecule has 0 radical (unpaired) electrons. The Morgan fingerprint density at radius 2 is 2.18 bits per heavy atom. The summed E-state index contributed by atoms with van der Waals surface area (Å²) in [6.45, 7) is 3.17.